The third kappa shape index (κ3) is 4.72. The summed E-state index contributed by atoms with van der Waals surface area (Å²) in [5, 5.41) is 24.0. The summed E-state index contributed by atoms with van der Waals surface area (Å²) < 4.78 is 11.5. The van der Waals surface area contributed by atoms with Crippen LogP contribution < -0.4 is 15.4 Å². The van der Waals surface area contributed by atoms with Gasteiger partial charge in [-0.05, 0) is 45.1 Å². The summed E-state index contributed by atoms with van der Waals surface area (Å²) in [5.74, 6) is 2.89. The fourth-order valence-corrected chi connectivity index (χ4v) is 4.05. The molecule has 3 heterocycles. The van der Waals surface area contributed by atoms with Gasteiger partial charge in [-0.2, -0.15) is 4.98 Å². The molecule has 2 unspecified atom stereocenters. The molecule has 168 valence electrons. The third-order valence-electron chi connectivity index (χ3n) is 5.56. The minimum absolute atomic E-state index is 0.229. The molecule has 9 nitrogen and oxygen atoms in total. The zero-order valence-corrected chi connectivity index (χ0v) is 18.7. The van der Waals surface area contributed by atoms with E-state index in [4.69, 9.17) is 14.3 Å². The summed E-state index contributed by atoms with van der Waals surface area (Å²) in [7, 11) is 4.41. The SMILES string of the molecule is CNc1nc(C)c(-c2cc3cc(OC)nc(C)c3o2)c(NC2CCC(CO)C2)n1.CO. The molecular weight excluding hydrogens is 398 g/mol. The molecule has 2 atom stereocenters. The number of methoxy groups -OCH3 is 1. The van der Waals surface area contributed by atoms with Gasteiger partial charge in [0.2, 0.25) is 11.8 Å². The van der Waals surface area contributed by atoms with Crippen molar-refractivity contribution in [2.75, 3.05) is 38.5 Å². The van der Waals surface area contributed by atoms with Gasteiger partial charge in [0.1, 0.15) is 11.6 Å². The van der Waals surface area contributed by atoms with Crippen molar-refractivity contribution in [3.05, 3.63) is 23.5 Å². The van der Waals surface area contributed by atoms with Crippen molar-refractivity contribution < 1.29 is 19.4 Å². The largest absolute Gasteiger partial charge is 0.481 e. The average molecular weight is 430 g/mol. The Morgan fingerprint density at radius 2 is 1.90 bits per heavy atom. The lowest BCUT2D eigenvalue weighted by molar-refractivity contribution is 0.229. The first-order valence-corrected chi connectivity index (χ1v) is 10.4. The Morgan fingerprint density at radius 1 is 1.13 bits per heavy atom. The maximum atomic E-state index is 9.46. The fraction of sp³-hybridized carbons (Fsp3) is 0.500. The summed E-state index contributed by atoms with van der Waals surface area (Å²) in [5.41, 5.74) is 3.16. The molecule has 1 saturated carbocycles. The molecule has 0 spiro atoms. The van der Waals surface area contributed by atoms with Crippen molar-refractivity contribution in [1.29, 1.82) is 0 Å². The van der Waals surface area contributed by atoms with Crippen LogP contribution in [-0.4, -0.2) is 59.1 Å². The molecule has 1 fully saturated rings. The van der Waals surface area contributed by atoms with E-state index in [1.54, 1.807) is 14.2 Å². The van der Waals surface area contributed by atoms with E-state index in [1.165, 1.54) is 0 Å². The van der Waals surface area contributed by atoms with Crippen LogP contribution in [0.25, 0.3) is 22.3 Å². The van der Waals surface area contributed by atoms with Crippen LogP contribution in [-0.2, 0) is 0 Å². The quantitative estimate of drug-likeness (QED) is 0.467. The number of aromatic nitrogens is 3. The topological polar surface area (TPSA) is 126 Å². The molecule has 0 bridgehead atoms. The molecule has 0 amide bonds. The maximum absolute atomic E-state index is 9.46. The van der Waals surface area contributed by atoms with E-state index >= 15 is 0 Å². The minimum Gasteiger partial charge on any atom is -0.481 e. The molecule has 4 N–H and O–H groups in total. The molecule has 1 aliphatic rings. The molecular formula is C22H31N5O4. The van der Waals surface area contributed by atoms with Crippen LogP contribution in [0.2, 0.25) is 0 Å². The standard InChI is InChI=1S/C21H27N5O3.CH4O/c1-11-18(16-8-14-9-17(28-4)23-12(2)19(14)29-16)20(26-21(22-3)24-11)25-15-6-5-13(7-15)10-27;1-2/h8-9,13,15,27H,5-7,10H2,1-4H3,(H2,22,24,25,26);2H,1H3. The predicted octanol–water partition coefficient (Wildman–Crippen LogP) is 3.13. The molecule has 4 rings (SSSR count). The van der Waals surface area contributed by atoms with Gasteiger partial charge in [0, 0.05) is 38.3 Å². The van der Waals surface area contributed by atoms with Crippen molar-refractivity contribution >= 4 is 22.7 Å². The number of nitrogens with zero attached hydrogens (tertiary/aromatic N) is 3. The summed E-state index contributed by atoms with van der Waals surface area (Å²) in [6, 6.07) is 4.11. The van der Waals surface area contributed by atoms with Crippen LogP contribution in [0.5, 0.6) is 5.88 Å². The normalized spacial score (nSPS) is 17.9. The highest BCUT2D eigenvalue weighted by Gasteiger charge is 2.27. The lowest BCUT2D eigenvalue weighted by Gasteiger charge is -2.18. The van der Waals surface area contributed by atoms with E-state index in [0.29, 0.717) is 23.5 Å². The van der Waals surface area contributed by atoms with Crippen LogP contribution in [0.3, 0.4) is 0 Å². The highest BCUT2D eigenvalue weighted by atomic mass is 16.5. The van der Waals surface area contributed by atoms with Gasteiger partial charge >= 0.3 is 0 Å². The van der Waals surface area contributed by atoms with Crippen LogP contribution in [0.15, 0.2) is 16.5 Å². The second kappa shape index (κ2) is 9.93. The van der Waals surface area contributed by atoms with Crippen molar-refractivity contribution in [3.63, 3.8) is 0 Å². The van der Waals surface area contributed by atoms with E-state index in [0.717, 1.165) is 60.1 Å². The zero-order valence-electron chi connectivity index (χ0n) is 18.7. The third-order valence-corrected chi connectivity index (χ3v) is 5.56. The van der Waals surface area contributed by atoms with Crippen LogP contribution in [0, 0.1) is 19.8 Å². The number of hydrogen-bond acceptors (Lipinski definition) is 9. The number of anilines is 2. The molecule has 0 aromatic carbocycles. The minimum atomic E-state index is 0.229. The van der Waals surface area contributed by atoms with Crippen LogP contribution >= 0.6 is 0 Å². The number of aliphatic hydroxyl groups excluding tert-OH is 2. The molecule has 0 saturated heterocycles. The van der Waals surface area contributed by atoms with E-state index in [-0.39, 0.29) is 12.6 Å². The number of pyridine rings is 1. The second-order valence-electron chi connectivity index (χ2n) is 7.59. The van der Waals surface area contributed by atoms with Crippen LogP contribution in [0.1, 0.15) is 30.7 Å². The molecule has 9 heteroatoms. The number of hydrogen-bond donors (Lipinski definition) is 4. The highest BCUT2D eigenvalue weighted by molar-refractivity contribution is 5.88. The number of fused-ring (bicyclic) bond motifs is 1. The number of ether oxygens (including phenoxy) is 1. The van der Waals surface area contributed by atoms with Crippen molar-refractivity contribution in [2.45, 2.75) is 39.2 Å². The highest BCUT2D eigenvalue weighted by Crippen LogP contribution is 2.37. The smallest absolute Gasteiger partial charge is 0.224 e. The number of nitrogens with one attached hydrogen (secondary N) is 2. The zero-order chi connectivity index (χ0) is 22.5. The average Bonchev–Trinajstić information content (AvgIpc) is 3.41. The molecule has 0 aliphatic heterocycles. The number of furan rings is 1. The molecule has 0 radical (unpaired) electrons. The predicted molar refractivity (Wildman–Crippen MR) is 121 cm³/mol. The second-order valence-corrected chi connectivity index (χ2v) is 7.59. The van der Waals surface area contributed by atoms with Gasteiger partial charge in [-0.1, -0.05) is 0 Å². The molecule has 31 heavy (non-hydrogen) atoms. The van der Waals surface area contributed by atoms with Crippen molar-refractivity contribution in [1.82, 2.24) is 15.0 Å². The van der Waals surface area contributed by atoms with E-state index < -0.39 is 0 Å². The Morgan fingerprint density at radius 3 is 2.55 bits per heavy atom. The van der Waals surface area contributed by atoms with E-state index in [9.17, 15) is 5.11 Å². The lowest BCUT2D eigenvalue weighted by atomic mass is 10.1. The molecule has 3 aromatic heterocycles. The van der Waals surface area contributed by atoms with E-state index in [2.05, 4.69) is 25.6 Å². The number of aliphatic hydroxyl groups is 2. The Labute approximate surface area is 181 Å². The maximum Gasteiger partial charge on any atom is 0.224 e. The first kappa shape index (κ1) is 22.8. The van der Waals surface area contributed by atoms with Crippen molar-refractivity contribution in [2.24, 2.45) is 5.92 Å². The summed E-state index contributed by atoms with van der Waals surface area (Å²) in [4.78, 5) is 13.6. The molecule has 3 aromatic rings. The van der Waals surface area contributed by atoms with Gasteiger partial charge < -0.3 is 30.0 Å². The Kier molecular flexibility index (Phi) is 7.29. The molecule has 1 aliphatic carbocycles. The lowest BCUT2D eigenvalue weighted by Crippen LogP contribution is -2.19. The van der Waals surface area contributed by atoms with Gasteiger partial charge in [0.05, 0.1) is 24.1 Å². The number of rotatable bonds is 6. The van der Waals surface area contributed by atoms with Crippen molar-refractivity contribution in [3.8, 4) is 17.2 Å². The number of aryl methyl sites for hydroxylation is 2. The van der Waals surface area contributed by atoms with Gasteiger partial charge in [-0.15, -0.1) is 0 Å². The summed E-state index contributed by atoms with van der Waals surface area (Å²) in [6.45, 7) is 4.08. The van der Waals surface area contributed by atoms with E-state index in [1.807, 2.05) is 26.0 Å². The Bertz CT molecular complexity index is 1040. The van der Waals surface area contributed by atoms with Gasteiger partial charge in [0.25, 0.3) is 0 Å². The summed E-state index contributed by atoms with van der Waals surface area (Å²) in [6.07, 6.45) is 2.94. The Balaban J connectivity index is 0.00000132. The summed E-state index contributed by atoms with van der Waals surface area (Å²) >= 11 is 0. The van der Waals surface area contributed by atoms with Gasteiger partial charge in [-0.3, -0.25) is 0 Å². The Hall–Kier alpha value is -2.91. The monoisotopic (exact) mass is 429 g/mol. The van der Waals surface area contributed by atoms with Crippen LogP contribution in [0.4, 0.5) is 11.8 Å². The van der Waals surface area contributed by atoms with Gasteiger partial charge in [-0.25, -0.2) is 9.97 Å². The fourth-order valence-electron chi connectivity index (χ4n) is 4.05. The first-order valence-electron chi connectivity index (χ1n) is 10.4. The first-order chi connectivity index (χ1) is 15.0. The van der Waals surface area contributed by atoms with Gasteiger partial charge in [0.15, 0.2) is 5.58 Å².